The van der Waals surface area contributed by atoms with Crippen LogP contribution in [0, 0.1) is 26.7 Å². The van der Waals surface area contributed by atoms with Crippen LogP contribution in [0.15, 0.2) is 12.1 Å². The highest BCUT2D eigenvalue weighted by atomic mass is 16.1. The third kappa shape index (κ3) is 2.50. The summed E-state index contributed by atoms with van der Waals surface area (Å²) in [5.41, 5.74) is 9.95. The average molecular weight is 219 g/mol. The first-order chi connectivity index (χ1) is 7.34. The molecular weight excluding hydrogens is 198 g/mol. The Morgan fingerprint density at radius 3 is 1.94 bits per heavy atom. The first kappa shape index (κ1) is 12.9. The van der Waals surface area contributed by atoms with Crippen LogP contribution in [0.1, 0.15) is 40.9 Å². The van der Waals surface area contributed by atoms with Crippen molar-refractivity contribution in [1.29, 1.82) is 0 Å². The van der Waals surface area contributed by atoms with Gasteiger partial charge in [-0.2, -0.15) is 0 Å². The van der Waals surface area contributed by atoms with Crippen LogP contribution < -0.4 is 5.73 Å². The van der Waals surface area contributed by atoms with Crippen molar-refractivity contribution < 1.29 is 4.79 Å². The van der Waals surface area contributed by atoms with Gasteiger partial charge in [-0.1, -0.05) is 31.5 Å². The zero-order valence-electron chi connectivity index (χ0n) is 10.8. The highest BCUT2D eigenvalue weighted by Gasteiger charge is 2.22. The van der Waals surface area contributed by atoms with Crippen LogP contribution in [0.25, 0.3) is 0 Å². The number of aryl methyl sites for hydroxylation is 3. The maximum Gasteiger partial charge on any atom is 0.180 e. The van der Waals surface area contributed by atoms with Crippen molar-refractivity contribution in [3.8, 4) is 0 Å². The third-order valence-electron chi connectivity index (χ3n) is 2.94. The molecule has 2 nitrogen and oxygen atoms in total. The van der Waals surface area contributed by atoms with Gasteiger partial charge in [-0.25, -0.2) is 0 Å². The zero-order valence-corrected chi connectivity index (χ0v) is 10.8. The number of rotatable bonds is 3. The number of nitrogens with two attached hydrogens (primary N) is 1. The molecule has 0 fully saturated rings. The molecule has 0 saturated heterocycles. The van der Waals surface area contributed by atoms with Gasteiger partial charge in [-0.05, 0) is 37.8 Å². The molecule has 0 aliphatic heterocycles. The van der Waals surface area contributed by atoms with Gasteiger partial charge in [-0.15, -0.1) is 0 Å². The molecule has 88 valence electrons. The fraction of sp³-hybridized carbons (Fsp3) is 0.500. The van der Waals surface area contributed by atoms with Crippen LogP contribution >= 0.6 is 0 Å². The Bertz CT molecular complexity index is 384. The molecule has 0 aliphatic carbocycles. The predicted octanol–water partition coefficient (Wildman–Crippen LogP) is 2.78. The van der Waals surface area contributed by atoms with E-state index in [0.29, 0.717) is 0 Å². The summed E-state index contributed by atoms with van der Waals surface area (Å²) in [4.78, 5) is 12.2. The second kappa shape index (κ2) is 4.79. The molecule has 0 amide bonds. The number of carbonyl (C=O) groups excluding carboxylic acids is 1. The van der Waals surface area contributed by atoms with Crippen molar-refractivity contribution in [2.45, 2.75) is 40.7 Å². The van der Waals surface area contributed by atoms with Gasteiger partial charge in [0.25, 0.3) is 0 Å². The number of carbonyl (C=O) groups is 1. The van der Waals surface area contributed by atoms with Crippen LogP contribution in [-0.4, -0.2) is 11.8 Å². The minimum Gasteiger partial charge on any atom is -0.321 e. The fourth-order valence-electron chi connectivity index (χ4n) is 2.04. The molecule has 1 rings (SSSR count). The summed E-state index contributed by atoms with van der Waals surface area (Å²) in [5.74, 6) is 0.234. The fourth-order valence-corrected chi connectivity index (χ4v) is 2.04. The summed E-state index contributed by atoms with van der Waals surface area (Å²) in [6.07, 6.45) is 0. The molecule has 1 aromatic rings. The Hall–Kier alpha value is -1.15. The van der Waals surface area contributed by atoms with E-state index in [0.717, 1.165) is 16.7 Å². The molecule has 0 aromatic heterocycles. The molecule has 0 saturated carbocycles. The largest absolute Gasteiger partial charge is 0.321 e. The van der Waals surface area contributed by atoms with Gasteiger partial charge in [0.15, 0.2) is 5.78 Å². The molecule has 1 atom stereocenters. The Balaban J connectivity index is 3.19. The monoisotopic (exact) mass is 219 g/mol. The summed E-state index contributed by atoms with van der Waals surface area (Å²) in [7, 11) is 0. The third-order valence-corrected chi connectivity index (χ3v) is 2.94. The van der Waals surface area contributed by atoms with Crippen LogP contribution in [0.4, 0.5) is 0 Å². The van der Waals surface area contributed by atoms with Crippen molar-refractivity contribution >= 4 is 5.78 Å². The van der Waals surface area contributed by atoms with E-state index in [2.05, 4.69) is 0 Å². The Morgan fingerprint density at radius 2 is 1.56 bits per heavy atom. The molecule has 0 spiro atoms. The number of benzene rings is 1. The van der Waals surface area contributed by atoms with Crippen molar-refractivity contribution in [2.24, 2.45) is 11.7 Å². The van der Waals surface area contributed by atoms with Gasteiger partial charge in [0.05, 0.1) is 6.04 Å². The summed E-state index contributed by atoms with van der Waals surface area (Å²) in [5, 5.41) is 0. The second-order valence-electron chi connectivity index (χ2n) is 4.91. The minimum absolute atomic E-state index is 0.0602. The van der Waals surface area contributed by atoms with Crippen molar-refractivity contribution in [3.05, 3.63) is 34.4 Å². The van der Waals surface area contributed by atoms with Gasteiger partial charge in [-0.3, -0.25) is 4.79 Å². The van der Waals surface area contributed by atoms with E-state index >= 15 is 0 Å². The quantitative estimate of drug-likeness (QED) is 0.794. The highest BCUT2D eigenvalue weighted by molar-refractivity contribution is 6.02. The number of hydrogen-bond acceptors (Lipinski definition) is 2. The predicted molar refractivity (Wildman–Crippen MR) is 67.8 cm³/mol. The summed E-state index contributed by atoms with van der Waals surface area (Å²) in [6, 6.07) is 3.67. The Kier molecular flexibility index (Phi) is 3.87. The number of ketones is 1. The molecule has 0 radical (unpaired) electrons. The maximum atomic E-state index is 12.2. The van der Waals surface area contributed by atoms with E-state index < -0.39 is 6.04 Å². The molecule has 16 heavy (non-hydrogen) atoms. The lowest BCUT2D eigenvalue weighted by Gasteiger charge is -2.17. The van der Waals surface area contributed by atoms with Crippen LogP contribution in [0.5, 0.6) is 0 Å². The number of Topliss-reactive ketones (excluding diaryl/α,β-unsaturated/α-hetero) is 1. The van der Waals surface area contributed by atoms with E-state index in [-0.39, 0.29) is 11.7 Å². The molecule has 2 N–H and O–H groups in total. The minimum atomic E-state index is -0.403. The maximum absolute atomic E-state index is 12.2. The molecule has 2 heteroatoms. The molecule has 0 bridgehead atoms. The van der Waals surface area contributed by atoms with Crippen LogP contribution in [0.3, 0.4) is 0 Å². The average Bonchev–Trinajstić information content (AvgIpc) is 2.14. The smallest absolute Gasteiger partial charge is 0.180 e. The lowest BCUT2D eigenvalue weighted by molar-refractivity contribution is 0.0939. The molecule has 1 unspecified atom stereocenters. The summed E-state index contributed by atoms with van der Waals surface area (Å²) < 4.78 is 0. The van der Waals surface area contributed by atoms with Crippen LogP contribution in [0.2, 0.25) is 0 Å². The summed E-state index contributed by atoms with van der Waals surface area (Å²) in [6.45, 7) is 9.93. The Labute approximate surface area is 97.9 Å². The van der Waals surface area contributed by atoms with Gasteiger partial charge in [0, 0.05) is 5.56 Å². The highest BCUT2D eigenvalue weighted by Crippen LogP contribution is 2.19. The van der Waals surface area contributed by atoms with E-state index in [1.54, 1.807) is 0 Å². The SMILES string of the molecule is Cc1cc(C)c(C(=O)C(N)C(C)C)c(C)c1. The van der Waals surface area contributed by atoms with Gasteiger partial charge in [0.2, 0.25) is 0 Å². The topological polar surface area (TPSA) is 43.1 Å². The van der Waals surface area contributed by atoms with Gasteiger partial charge >= 0.3 is 0 Å². The van der Waals surface area contributed by atoms with Crippen molar-refractivity contribution in [2.75, 3.05) is 0 Å². The standard InChI is InChI=1S/C14H21NO/c1-8(2)13(15)14(16)12-10(4)6-9(3)7-11(12)5/h6-8,13H,15H2,1-5H3. The summed E-state index contributed by atoms with van der Waals surface area (Å²) >= 11 is 0. The zero-order chi connectivity index (χ0) is 12.5. The van der Waals surface area contributed by atoms with Gasteiger partial charge in [0.1, 0.15) is 0 Å². The van der Waals surface area contributed by atoms with E-state index in [4.69, 9.17) is 5.73 Å². The second-order valence-corrected chi connectivity index (χ2v) is 4.91. The van der Waals surface area contributed by atoms with Crippen molar-refractivity contribution in [1.82, 2.24) is 0 Å². The lowest BCUT2D eigenvalue weighted by atomic mass is 9.89. The first-order valence-electron chi connectivity index (χ1n) is 5.72. The number of hydrogen-bond donors (Lipinski definition) is 1. The van der Waals surface area contributed by atoms with E-state index in [1.807, 2.05) is 46.8 Å². The van der Waals surface area contributed by atoms with E-state index in [9.17, 15) is 4.79 Å². The lowest BCUT2D eigenvalue weighted by Crippen LogP contribution is -2.36. The molecule has 0 aliphatic rings. The molecule has 0 heterocycles. The Morgan fingerprint density at radius 1 is 1.12 bits per heavy atom. The van der Waals surface area contributed by atoms with Crippen LogP contribution in [-0.2, 0) is 0 Å². The first-order valence-corrected chi connectivity index (χ1v) is 5.72. The molecular formula is C14H21NO. The van der Waals surface area contributed by atoms with Gasteiger partial charge < -0.3 is 5.73 Å². The normalized spacial score (nSPS) is 12.9. The molecule has 1 aromatic carbocycles. The van der Waals surface area contributed by atoms with E-state index in [1.165, 1.54) is 5.56 Å². The van der Waals surface area contributed by atoms with Crippen molar-refractivity contribution in [3.63, 3.8) is 0 Å².